The Kier molecular flexibility index (Phi) is 5.29. The predicted molar refractivity (Wildman–Crippen MR) is 103 cm³/mol. The summed E-state index contributed by atoms with van der Waals surface area (Å²) < 4.78 is 27.8. The average molecular weight is 387 g/mol. The molecule has 0 bridgehead atoms. The lowest BCUT2D eigenvalue weighted by Crippen LogP contribution is -2.37. The Morgan fingerprint density at radius 1 is 1.07 bits per heavy atom. The van der Waals surface area contributed by atoms with Gasteiger partial charge in [0.2, 0.25) is 21.8 Å². The molecule has 1 aliphatic rings. The van der Waals surface area contributed by atoms with Crippen LogP contribution in [0.3, 0.4) is 0 Å². The summed E-state index contributed by atoms with van der Waals surface area (Å²) in [6.45, 7) is 3.62. The summed E-state index contributed by atoms with van der Waals surface area (Å²) in [6, 6.07) is 12.9. The third-order valence-electron chi connectivity index (χ3n) is 4.28. The Labute approximate surface area is 158 Å². The second kappa shape index (κ2) is 7.50. The largest absolute Gasteiger partial charge is 0.326 e. The van der Waals surface area contributed by atoms with Gasteiger partial charge in [0.1, 0.15) is 0 Å². The number of benzene rings is 2. The number of hydrogen-bond donors (Lipinski definition) is 2. The molecule has 1 aliphatic heterocycles. The molecule has 142 valence electrons. The first-order valence-corrected chi connectivity index (χ1v) is 10.00. The SMILES string of the molecule is CC(=O)Nc1ccc(S(=O)(=O)NC2CC(=O)N(c3ccc(C)cc3)C2)cc1. The molecule has 3 rings (SSSR count). The van der Waals surface area contributed by atoms with Crippen LogP contribution in [0.15, 0.2) is 53.4 Å². The number of aryl methyl sites for hydroxylation is 1. The maximum atomic E-state index is 12.6. The minimum atomic E-state index is -3.77. The normalized spacial score (nSPS) is 17.2. The molecule has 0 aromatic heterocycles. The summed E-state index contributed by atoms with van der Waals surface area (Å²) in [4.78, 5) is 25.0. The van der Waals surface area contributed by atoms with Crippen molar-refractivity contribution >= 4 is 33.2 Å². The first-order valence-electron chi connectivity index (χ1n) is 8.51. The van der Waals surface area contributed by atoms with Crippen molar-refractivity contribution in [3.05, 3.63) is 54.1 Å². The maximum Gasteiger partial charge on any atom is 0.240 e. The summed E-state index contributed by atoms with van der Waals surface area (Å²) in [5.41, 5.74) is 2.36. The van der Waals surface area contributed by atoms with Gasteiger partial charge in [-0.3, -0.25) is 9.59 Å². The van der Waals surface area contributed by atoms with Gasteiger partial charge in [-0.25, -0.2) is 13.1 Å². The van der Waals surface area contributed by atoms with Crippen molar-refractivity contribution in [2.24, 2.45) is 0 Å². The Morgan fingerprint density at radius 2 is 1.70 bits per heavy atom. The second-order valence-corrected chi connectivity index (χ2v) is 8.28. The van der Waals surface area contributed by atoms with Crippen LogP contribution in [0.5, 0.6) is 0 Å². The van der Waals surface area contributed by atoms with Gasteiger partial charge in [-0.2, -0.15) is 0 Å². The van der Waals surface area contributed by atoms with E-state index in [1.54, 1.807) is 4.90 Å². The smallest absolute Gasteiger partial charge is 0.240 e. The quantitative estimate of drug-likeness (QED) is 0.821. The van der Waals surface area contributed by atoms with Crippen LogP contribution >= 0.6 is 0 Å². The molecule has 0 radical (unpaired) electrons. The first kappa shape index (κ1) is 19.1. The molecule has 2 aromatic carbocycles. The van der Waals surface area contributed by atoms with Crippen LogP contribution < -0.4 is 14.9 Å². The molecule has 7 nitrogen and oxygen atoms in total. The highest BCUT2D eigenvalue weighted by Crippen LogP contribution is 2.23. The molecule has 8 heteroatoms. The van der Waals surface area contributed by atoms with Crippen LogP contribution in [0, 0.1) is 6.92 Å². The molecule has 1 saturated heterocycles. The average Bonchev–Trinajstić information content (AvgIpc) is 2.95. The maximum absolute atomic E-state index is 12.6. The molecule has 1 atom stereocenters. The molecular formula is C19H21N3O4S. The fraction of sp³-hybridized carbons (Fsp3) is 0.263. The minimum Gasteiger partial charge on any atom is -0.326 e. The second-order valence-electron chi connectivity index (χ2n) is 6.57. The lowest BCUT2D eigenvalue weighted by atomic mass is 10.2. The van der Waals surface area contributed by atoms with Crippen molar-refractivity contribution in [1.29, 1.82) is 0 Å². The summed E-state index contributed by atoms with van der Waals surface area (Å²) >= 11 is 0. The highest BCUT2D eigenvalue weighted by Gasteiger charge is 2.33. The Hall–Kier alpha value is -2.71. The molecule has 0 spiro atoms. The van der Waals surface area contributed by atoms with Crippen LogP contribution in [0.25, 0.3) is 0 Å². The molecule has 2 N–H and O–H groups in total. The number of nitrogens with one attached hydrogen (secondary N) is 2. The lowest BCUT2D eigenvalue weighted by Gasteiger charge is -2.17. The number of carbonyl (C=O) groups excluding carboxylic acids is 2. The van der Waals surface area contributed by atoms with Crippen LogP contribution in [0.2, 0.25) is 0 Å². The van der Waals surface area contributed by atoms with Gasteiger partial charge in [-0.15, -0.1) is 0 Å². The summed E-state index contributed by atoms with van der Waals surface area (Å²) in [7, 11) is -3.77. The number of amides is 2. The number of sulfonamides is 1. The highest BCUT2D eigenvalue weighted by molar-refractivity contribution is 7.89. The Morgan fingerprint density at radius 3 is 2.30 bits per heavy atom. The number of carbonyl (C=O) groups is 2. The number of hydrogen-bond acceptors (Lipinski definition) is 4. The third kappa shape index (κ3) is 4.53. The van der Waals surface area contributed by atoms with E-state index in [0.717, 1.165) is 11.3 Å². The Bertz CT molecular complexity index is 953. The van der Waals surface area contributed by atoms with Crippen LogP contribution in [0.4, 0.5) is 11.4 Å². The van der Waals surface area contributed by atoms with E-state index >= 15 is 0 Å². The van der Waals surface area contributed by atoms with Crippen molar-refractivity contribution in [1.82, 2.24) is 4.72 Å². The van der Waals surface area contributed by atoms with Gasteiger partial charge in [-0.1, -0.05) is 17.7 Å². The molecule has 1 unspecified atom stereocenters. The van der Waals surface area contributed by atoms with E-state index in [1.165, 1.54) is 31.2 Å². The summed E-state index contributed by atoms with van der Waals surface area (Å²) in [5, 5.41) is 2.58. The molecule has 0 saturated carbocycles. The van der Waals surface area contributed by atoms with Gasteiger partial charge >= 0.3 is 0 Å². The van der Waals surface area contributed by atoms with Crippen molar-refractivity contribution in [3.63, 3.8) is 0 Å². The fourth-order valence-corrected chi connectivity index (χ4v) is 4.20. The van der Waals surface area contributed by atoms with E-state index in [2.05, 4.69) is 10.0 Å². The zero-order valence-electron chi connectivity index (χ0n) is 15.1. The topological polar surface area (TPSA) is 95.6 Å². The zero-order chi connectivity index (χ0) is 19.6. The van der Waals surface area contributed by atoms with Gasteiger partial charge in [0, 0.05) is 37.3 Å². The molecule has 0 aliphatic carbocycles. The van der Waals surface area contributed by atoms with Crippen molar-refractivity contribution < 1.29 is 18.0 Å². The lowest BCUT2D eigenvalue weighted by molar-refractivity contribution is -0.117. The van der Waals surface area contributed by atoms with Gasteiger partial charge < -0.3 is 10.2 Å². The van der Waals surface area contributed by atoms with Crippen molar-refractivity contribution in [2.45, 2.75) is 31.2 Å². The molecule has 1 heterocycles. The van der Waals surface area contributed by atoms with E-state index in [-0.39, 0.29) is 29.7 Å². The fourth-order valence-electron chi connectivity index (χ4n) is 2.97. The molecule has 1 fully saturated rings. The van der Waals surface area contributed by atoms with E-state index in [1.807, 2.05) is 31.2 Å². The first-order chi connectivity index (χ1) is 12.7. The van der Waals surface area contributed by atoms with E-state index in [0.29, 0.717) is 5.69 Å². The predicted octanol–water partition coefficient (Wildman–Crippen LogP) is 2.04. The molecule has 27 heavy (non-hydrogen) atoms. The van der Waals surface area contributed by atoms with E-state index in [4.69, 9.17) is 0 Å². The van der Waals surface area contributed by atoms with Gasteiger partial charge in [0.25, 0.3) is 0 Å². The number of nitrogens with zero attached hydrogens (tertiary/aromatic N) is 1. The molecular weight excluding hydrogens is 366 g/mol. The summed E-state index contributed by atoms with van der Waals surface area (Å²) in [5.74, 6) is -0.350. The molecule has 2 aromatic rings. The monoisotopic (exact) mass is 387 g/mol. The van der Waals surface area contributed by atoms with Gasteiger partial charge in [0.05, 0.1) is 4.90 Å². The summed E-state index contributed by atoms with van der Waals surface area (Å²) in [6.07, 6.45) is 0.108. The van der Waals surface area contributed by atoms with Crippen molar-refractivity contribution in [2.75, 3.05) is 16.8 Å². The van der Waals surface area contributed by atoms with Gasteiger partial charge in [-0.05, 0) is 43.3 Å². The van der Waals surface area contributed by atoms with E-state index in [9.17, 15) is 18.0 Å². The Balaban J connectivity index is 1.70. The third-order valence-corrected chi connectivity index (χ3v) is 5.81. The molecule has 2 amide bonds. The minimum absolute atomic E-state index is 0.0813. The highest BCUT2D eigenvalue weighted by atomic mass is 32.2. The van der Waals surface area contributed by atoms with Gasteiger partial charge in [0.15, 0.2) is 0 Å². The van der Waals surface area contributed by atoms with Crippen LogP contribution in [-0.4, -0.2) is 32.8 Å². The number of rotatable bonds is 5. The zero-order valence-corrected chi connectivity index (χ0v) is 15.9. The van der Waals surface area contributed by atoms with Crippen molar-refractivity contribution in [3.8, 4) is 0 Å². The van der Waals surface area contributed by atoms with E-state index < -0.39 is 16.1 Å². The van der Waals surface area contributed by atoms with Crippen LogP contribution in [-0.2, 0) is 19.6 Å². The van der Waals surface area contributed by atoms with Crippen LogP contribution in [0.1, 0.15) is 18.9 Å². The number of anilines is 2. The standard InChI is InChI=1S/C19H21N3O4S/c1-13-3-7-17(8-4-13)22-12-16(11-19(22)24)21-27(25,26)18-9-5-15(6-10-18)20-14(2)23/h3-10,16,21H,11-12H2,1-2H3,(H,20,23).